The lowest BCUT2D eigenvalue weighted by molar-refractivity contribution is 0.0688. The summed E-state index contributed by atoms with van der Waals surface area (Å²) >= 11 is 0. The molecule has 1 N–H and O–H groups in total. The van der Waals surface area contributed by atoms with Gasteiger partial charge in [-0.05, 0) is 19.9 Å². The summed E-state index contributed by atoms with van der Waals surface area (Å²) in [6, 6.07) is 0. The molecule has 0 saturated heterocycles. The number of hydrogen-bond acceptors (Lipinski definition) is 4. The van der Waals surface area contributed by atoms with Gasteiger partial charge >= 0.3 is 5.97 Å². The Bertz CT molecular complexity index is 431. The smallest absolute Gasteiger partial charge is 0.354 e. The van der Waals surface area contributed by atoms with Crippen molar-refractivity contribution < 1.29 is 9.90 Å². The summed E-state index contributed by atoms with van der Waals surface area (Å²) in [5.41, 5.74) is 1.83. The van der Waals surface area contributed by atoms with E-state index in [4.69, 9.17) is 5.11 Å². The van der Waals surface area contributed by atoms with Crippen molar-refractivity contribution in [3.05, 3.63) is 22.8 Å². The number of carbonyl (C=O) groups is 1. The molecule has 0 bridgehead atoms. The van der Waals surface area contributed by atoms with E-state index in [1.807, 2.05) is 0 Å². The third-order valence-corrected chi connectivity index (χ3v) is 2.70. The van der Waals surface area contributed by atoms with Gasteiger partial charge in [0.25, 0.3) is 0 Å². The minimum atomic E-state index is -0.958. The van der Waals surface area contributed by atoms with Gasteiger partial charge in [0.2, 0.25) is 0 Å². The van der Waals surface area contributed by atoms with Crippen molar-refractivity contribution in [3.8, 4) is 0 Å². The van der Waals surface area contributed by atoms with Crippen molar-refractivity contribution in [3.63, 3.8) is 0 Å². The number of carboxylic acids is 1. The summed E-state index contributed by atoms with van der Waals surface area (Å²) in [5, 5.41) is 9.08. The maximum atomic E-state index is 11.1. The van der Waals surface area contributed by atoms with Gasteiger partial charge in [-0.15, -0.1) is 0 Å². The van der Waals surface area contributed by atoms with Gasteiger partial charge in [0.15, 0.2) is 5.69 Å². The number of fused-ring (bicyclic) bond motifs is 1. The molecule has 0 amide bonds. The van der Waals surface area contributed by atoms with Gasteiger partial charge in [0.1, 0.15) is 5.82 Å². The molecule has 16 heavy (non-hydrogen) atoms. The van der Waals surface area contributed by atoms with E-state index < -0.39 is 5.97 Å². The van der Waals surface area contributed by atoms with Crippen LogP contribution >= 0.6 is 0 Å². The predicted molar refractivity (Wildman–Crippen MR) is 58.1 cm³/mol. The molecule has 2 heterocycles. The molecule has 0 unspecified atom stereocenters. The van der Waals surface area contributed by atoms with Gasteiger partial charge in [-0.2, -0.15) is 0 Å². The first kappa shape index (κ1) is 11.0. The minimum Gasteiger partial charge on any atom is -0.476 e. The number of carboxylic acid groups (broad SMARTS) is 1. The number of nitrogens with zero attached hydrogens (tertiary/aromatic N) is 3. The van der Waals surface area contributed by atoms with Crippen LogP contribution in [0.2, 0.25) is 0 Å². The second-order valence-electron chi connectivity index (χ2n) is 4.06. The van der Waals surface area contributed by atoms with Gasteiger partial charge in [0, 0.05) is 18.7 Å². The van der Waals surface area contributed by atoms with E-state index in [1.54, 1.807) is 6.92 Å². The summed E-state index contributed by atoms with van der Waals surface area (Å²) < 4.78 is 0. The molecule has 0 fully saturated rings. The lowest BCUT2D eigenvalue weighted by Crippen LogP contribution is -2.17. The molecule has 0 aromatic carbocycles. The van der Waals surface area contributed by atoms with Crippen LogP contribution in [0.15, 0.2) is 0 Å². The third kappa shape index (κ3) is 1.90. The van der Waals surface area contributed by atoms with Gasteiger partial charge in [-0.1, -0.05) is 6.92 Å². The van der Waals surface area contributed by atoms with Crippen LogP contribution in [0, 0.1) is 6.92 Å². The van der Waals surface area contributed by atoms with Crippen LogP contribution in [0.25, 0.3) is 0 Å². The van der Waals surface area contributed by atoms with Gasteiger partial charge in [0.05, 0.1) is 5.69 Å². The molecule has 1 aromatic heterocycles. The molecule has 1 aromatic rings. The van der Waals surface area contributed by atoms with E-state index in [0.29, 0.717) is 12.4 Å². The molecule has 2 rings (SSSR count). The molecular formula is C11H15N3O2. The van der Waals surface area contributed by atoms with E-state index in [-0.39, 0.29) is 5.69 Å². The number of aromatic nitrogens is 2. The summed E-state index contributed by atoms with van der Waals surface area (Å²) in [7, 11) is 0. The molecule has 0 atom stereocenters. The molecule has 86 valence electrons. The largest absolute Gasteiger partial charge is 0.476 e. The highest BCUT2D eigenvalue weighted by atomic mass is 16.4. The standard InChI is InChI=1S/C11H15N3O2/c1-3-4-14-5-8-9(6-14)12-7(2)13-10(8)11(15)16/h3-6H2,1-2H3,(H,15,16). The van der Waals surface area contributed by atoms with Crippen LogP contribution in [-0.2, 0) is 13.1 Å². The van der Waals surface area contributed by atoms with Crippen LogP contribution < -0.4 is 0 Å². The Kier molecular flexibility index (Phi) is 2.87. The van der Waals surface area contributed by atoms with Crippen LogP contribution in [0.5, 0.6) is 0 Å². The zero-order valence-electron chi connectivity index (χ0n) is 9.53. The molecule has 1 aliphatic heterocycles. The summed E-state index contributed by atoms with van der Waals surface area (Å²) in [6.45, 7) is 6.21. The van der Waals surface area contributed by atoms with E-state index in [2.05, 4.69) is 21.8 Å². The van der Waals surface area contributed by atoms with Crippen molar-refractivity contribution in [2.45, 2.75) is 33.4 Å². The fourth-order valence-electron chi connectivity index (χ4n) is 2.09. The lowest BCUT2D eigenvalue weighted by atomic mass is 10.2. The molecule has 5 heteroatoms. The average Bonchev–Trinajstić information content (AvgIpc) is 2.59. The minimum absolute atomic E-state index is 0.168. The van der Waals surface area contributed by atoms with Crippen molar-refractivity contribution >= 4 is 5.97 Å². The topological polar surface area (TPSA) is 66.3 Å². The monoisotopic (exact) mass is 221 g/mol. The fraction of sp³-hybridized carbons (Fsp3) is 0.545. The molecule has 0 spiro atoms. The number of aryl methyl sites for hydroxylation is 1. The number of aromatic carboxylic acids is 1. The van der Waals surface area contributed by atoms with Crippen molar-refractivity contribution in [2.75, 3.05) is 6.54 Å². The first-order chi connectivity index (χ1) is 7.61. The van der Waals surface area contributed by atoms with E-state index >= 15 is 0 Å². The molecular weight excluding hydrogens is 206 g/mol. The van der Waals surface area contributed by atoms with Crippen LogP contribution in [0.4, 0.5) is 0 Å². The van der Waals surface area contributed by atoms with Gasteiger partial charge in [-0.3, -0.25) is 4.90 Å². The van der Waals surface area contributed by atoms with Crippen LogP contribution in [0.3, 0.4) is 0 Å². The van der Waals surface area contributed by atoms with Gasteiger partial charge < -0.3 is 5.11 Å². The fourth-order valence-corrected chi connectivity index (χ4v) is 2.09. The Morgan fingerprint density at radius 1 is 1.44 bits per heavy atom. The molecule has 1 aliphatic rings. The van der Waals surface area contributed by atoms with Crippen molar-refractivity contribution in [1.82, 2.24) is 14.9 Å². The summed E-state index contributed by atoms with van der Waals surface area (Å²) in [6.07, 6.45) is 1.06. The Morgan fingerprint density at radius 3 is 2.81 bits per heavy atom. The van der Waals surface area contributed by atoms with Crippen molar-refractivity contribution in [2.24, 2.45) is 0 Å². The Hall–Kier alpha value is -1.49. The quantitative estimate of drug-likeness (QED) is 0.831. The highest BCUT2D eigenvalue weighted by molar-refractivity contribution is 5.87. The van der Waals surface area contributed by atoms with Crippen LogP contribution in [0.1, 0.15) is 40.9 Å². The highest BCUT2D eigenvalue weighted by Gasteiger charge is 2.26. The van der Waals surface area contributed by atoms with E-state index in [0.717, 1.165) is 30.8 Å². The average molecular weight is 221 g/mol. The molecule has 0 aliphatic carbocycles. The first-order valence-electron chi connectivity index (χ1n) is 5.44. The second-order valence-corrected chi connectivity index (χ2v) is 4.06. The van der Waals surface area contributed by atoms with Gasteiger partial charge in [-0.25, -0.2) is 14.8 Å². The number of hydrogen-bond donors (Lipinski definition) is 1. The Morgan fingerprint density at radius 2 is 2.19 bits per heavy atom. The van der Waals surface area contributed by atoms with E-state index in [1.165, 1.54) is 0 Å². The third-order valence-electron chi connectivity index (χ3n) is 2.70. The maximum Gasteiger partial charge on any atom is 0.354 e. The molecule has 5 nitrogen and oxygen atoms in total. The normalized spacial score (nSPS) is 15.1. The number of rotatable bonds is 3. The maximum absolute atomic E-state index is 11.1. The molecule has 0 saturated carbocycles. The summed E-state index contributed by atoms with van der Waals surface area (Å²) in [5.74, 6) is -0.422. The first-order valence-corrected chi connectivity index (χ1v) is 5.44. The Labute approximate surface area is 94.1 Å². The lowest BCUT2D eigenvalue weighted by Gasteiger charge is -2.11. The van der Waals surface area contributed by atoms with Crippen LogP contribution in [-0.4, -0.2) is 32.5 Å². The summed E-state index contributed by atoms with van der Waals surface area (Å²) in [4.78, 5) is 21.6. The zero-order chi connectivity index (χ0) is 11.7. The van der Waals surface area contributed by atoms with Crippen molar-refractivity contribution in [1.29, 1.82) is 0 Å². The highest BCUT2D eigenvalue weighted by Crippen LogP contribution is 2.23. The van der Waals surface area contributed by atoms with E-state index in [9.17, 15) is 4.79 Å². The SMILES string of the molecule is CCCN1Cc2nc(C)nc(C(=O)O)c2C1. The zero-order valence-corrected chi connectivity index (χ0v) is 9.53. The Balaban J connectivity index is 2.36. The second kappa shape index (κ2) is 4.17. The molecule has 0 radical (unpaired) electrons. The predicted octanol–water partition coefficient (Wildman–Crippen LogP) is 1.21.